The third kappa shape index (κ3) is 3.06. The number of sulfonamides is 1. The molecule has 1 fully saturated rings. The minimum atomic E-state index is -3.76. The molecule has 1 aromatic carbocycles. The van der Waals surface area contributed by atoms with E-state index in [4.69, 9.17) is 5.84 Å². The summed E-state index contributed by atoms with van der Waals surface area (Å²) in [6.45, 7) is 1.80. The summed E-state index contributed by atoms with van der Waals surface area (Å²) < 4.78 is 27.1. The Labute approximate surface area is 116 Å². The van der Waals surface area contributed by atoms with Gasteiger partial charge in [-0.15, -0.1) is 0 Å². The number of hydrogen-bond acceptors (Lipinski definition) is 6. The Hall–Kier alpha value is -1.71. The standard InChI is InChI=1S/C11H16N4O4S/c1-7(8-2-3-8)14-20(18,19)11-5-4-9(15(16)17)6-10(11)13-12/h4-8,13-14H,2-3,12H2,1H3. The molecule has 2 rings (SSSR count). The number of hydrogen-bond donors (Lipinski definition) is 3. The molecule has 0 spiro atoms. The summed E-state index contributed by atoms with van der Waals surface area (Å²) in [5.74, 6) is 5.61. The maximum Gasteiger partial charge on any atom is 0.271 e. The predicted molar refractivity (Wildman–Crippen MR) is 73.4 cm³/mol. The fraction of sp³-hybridized carbons (Fsp3) is 0.455. The summed E-state index contributed by atoms with van der Waals surface area (Å²) in [5, 5.41) is 10.7. The lowest BCUT2D eigenvalue weighted by Gasteiger charge is -2.15. The number of nitrogens with two attached hydrogens (primary N) is 1. The number of benzene rings is 1. The van der Waals surface area contributed by atoms with Crippen molar-refractivity contribution >= 4 is 21.4 Å². The van der Waals surface area contributed by atoms with Crippen LogP contribution in [0.1, 0.15) is 19.8 Å². The summed E-state index contributed by atoms with van der Waals surface area (Å²) in [5.41, 5.74) is 1.96. The van der Waals surface area contributed by atoms with Crippen molar-refractivity contribution in [2.45, 2.75) is 30.7 Å². The second kappa shape index (κ2) is 5.35. The van der Waals surface area contributed by atoms with Crippen LogP contribution < -0.4 is 16.0 Å². The van der Waals surface area contributed by atoms with E-state index in [0.717, 1.165) is 25.0 Å². The molecular formula is C11H16N4O4S. The van der Waals surface area contributed by atoms with Crippen LogP contribution in [0.25, 0.3) is 0 Å². The van der Waals surface area contributed by atoms with Crippen molar-refractivity contribution in [3.05, 3.63) is 28.3 Å². The molecule has 0 aliphatic heterocycles. The van der Waals surface area contributed by atoms with Crippen molar-refractivity contribution in [1.29, 1.82) is 0 Å². The van der Waals surface area contributed by atoms with Gasteiger partial charge in [-0.3, -0.25) is 16.0 Å². The highest BCUT2D eigenvalue weighted by Crippen LogP contribution is 2.33. The number of rotatable bonds is 6. The maximum absolute atomic E-state index is 12.3. The lowest BCUT2D eigenvalue weighted by Crippen LogP contribution is -2.34. The van der Waals surface area contributed by atoms with Crippen molar-refractivity contribution in [2.24, 2.45) is 11.8 Å². The molecule has 0 aromatic heterocycles. The Morgan fingerprint density at radius 2 is 2.10 bits per heavy atom. The Morgan fingerprint density at radius 3 is 2.60 bits per heavy atom. The molecule has 0 bridgehead atoms. The van der Waals surface area contributed by atoms with Crippen LogP contribution in [0.4, 0.5) is 11.4 Å². The molecule has 20 heavy (non-hydrogen) atoms. The fourth-order valence-corrected chi connectivity index (χ4v) is 3.44. The molecule has 0 heterocycles. The fourth-order valence-electron chi connectivity index (χ4n) is 1.98. The lowest BCUT2D eigenvalue weighted by atomic mass is 10.2. The first-order valence-electron chi connectivity index (χ1n) is 6.12. The van der Waals surface area contributed by atoms with Gasteiger partial charge in [0.2, 0.25) is 10.0 Å². The summed E-state index contributed by atoms with van der Waals surface area (Å²) in [6.07, 6.45) is 2.01. The van der Waals surface area contributed by atoms with Crippen LogP contribution in [0.5, 0.6) is 0 Å². The minimum absolute atomic E-state index is 0.00491. The van der Waals surface area contributed by atoms with Crippen molar-refractivity contribution in [2.75, 3.05) is 5.43 Å². The van der Waals surface area contributed by atoms with Crippen LogP contribution in [-0.2, 0) is 10.0 Å². The molecular weight excluding hydrogens is 284 g/mol. The molecule has 0 saturated heterocycles. The molecule has 0 amide bonds. The van der Waals surface area contributed by atoms with Gasteiger partial charge in [-0.2, -0.15) is 0 Å². The van der Waals surface area contributed by atoms with Crippen LogP contribution in [0, 0.1) is 16.0 Å². The second-order valence-electron chi connectivity index (χ2n) is 4.83. The number of nitro groups is 1. The normalized spacial score (nSPS) is 16.7. The summed E-state index contributed by atoms with van der Waals surface area (Å²) in [6, 6.07) is 3.24. The van der Waals surface area contributed by atoms with Crippen LogP contribution >= 0.6 is 0 Å². The number of non-ortho nitro benzene ring substituents is 1. The molecule has 8 nitrogen and oxygen atoms in total. The third-order valence-corrected chi connectivity index (χ3v) is 4.91. The highest BCUT2D eigenvalue weighted by atomic mass is 32.2. The average Bonchev–Trinajstić information content (AvgIpc) is 3.21. The van der Waals surface area contributed by atoms with Crippen LogP contribution in [-0.4, -0.2) is 19.4 Å². The Morgan fingerprint density at radius 1 is 1.45 bits per heavy atom. The van der Waals surface area contributed by atoms with Gasteiger partial charge >= 0.3 is 0 Å². The molecule has 1 atom stereocenters. The zero-order valence-corrected chi connectivity index (χ0v) is 11.7. The van der Waals surface area contributed by atoms with Gasteiger partial charge in [0.15, 0.2) is 0 Å². The van der Waals surface area contributed by atoms with E-state index < -0.39 is 14.9 Å². The second-order valence-corrected chi connectivity index (χ2v) is 6.51. The van der Waals surface area contributed by atoms with Crippen LogP contribution in [0.3, 0.4) is 0 Å². The number of nitro benzene ring substituents is 1. The maximum atomic E-state index is 12.3. The van der Waals surface area contributed by atoms with E-state index in [0.29, 0.717) is 5.92 Å². The molecule has 1 aromatic rings. The summed E-state index contributed by atoms with van der Waals surface area (Å²) in [4.78, 5) is 9.96. The SMILES string of the molecule is CC(NS(=O)(=O)c1ccc([N+](=O)[O-])cc1NN)C1CC1. The molecule has 9 heteroatoms. The van der Waals surface area contributed by atoms with E-state index in [2.05, 4.69) is 10.1 Å². The monoisotopic (exact) mass is 300 g/mol. The van der Waals surface area contributed by atoms with E-state index in [9.17, 15) is 18.5 Å². The van der Waals surface area contributed by atoms with Crippen molar-refractivity contribution < 1.29 is 13.3 Å². The van der Waals surface area contributed by atoms with Crippen molar-refractivity contribution in [3.8, 4) is 0 Å². The van der Waals surface area contributed by atoms with Crippen molar-refractivity contribution in [1.82, 2.24) is 4.72 Å². The molecule has 4 N–H and O–H groups in total. The molecule has 110 valence electrons. The highest BCUT2D eigenvalue weighted by molar-refractivity contribution is 7.89. The van der Waals surface area contributed by atoms with Gasteiger partial charge < -0.3 is 5.43 Å². The molecule has 0 radical (unpaired) electrons. The van der Waals surface area contributed by atoms with Gasteiger partial charge in [-0.1, -0.05) is 0 Å². The number of nitrogen functional groups attached to an aromatic ring is 1. The molecule has 1 unspecified atom stereocenters. The van der Waals surface area contributed by atoms with Crippen LogP contribution in [0.2, 0.25) is 0 Å². The summed E-state index contributed by atoms with van der Waals surface area (Å²) in [7, 11) is -3.76. The van der Waals surface area contributed by atoms with Crippen LogP contribution in [0.15, 0.2) is 23.1 Å². The summed E-state index contributed by atoms with van der Waals surface area (Å²) >= 11 is 0. The van der Waals surface area contributed by atoms with Gasteiger partial charge in [-0.25, -0.2) is 13.1 Å². The highest BCUT2D eigenvalue weighted by Gasteiger charge is 2.32. The Balaban J connectivity index is 2.32. The molecule has 1 aliphatic rings. The Bertz CT molecular complexity index is 627. The van der Waals surface area contributed by atoms with Gasteiger partial charge in [0.1, 0.15) is 4.90 Å². The van der Waals surface area contributed by atoms with Gasteiger partial charge in [0, 0.05) is 18.2 Å². The van der Waals surface area contributed by atoms with E-state index in [1.165, 1.54) is 6.07 Å². The third-order valence-electron chi connectivity index (χ3n) is 3.29. The minimum Gasteiger partial charge on any atom is -0.323 e. The van der Waals surface area contributed by atoms with Gasteiger partial charge in [-0.05, 0) is 31.7 Å². The topological polar surface area (TPSA) is 127 Å². The quantitative estimate of drug-likeness (QED) is 0.408. The first-order valence-corrected chi connectivity index (χ1v) is 7.61. The molecule has 1 saturated carbocycles. The number of anilines is 1. The van der Waals surface area contributed by atoms with E-state index in [1.54, 1.807) is 6.92 Å². The zero-order valence-electron chi connectivity index (χ0n) is 10.9. The van der Waals surface area contributed by atoms with Gasteiger partial charge in [0.25, 0.3) is 5.69 Å². The number of nitrogens with one attached hydrogen (secondary N) is 2. The van der Waals surface area contributed by atoms with Gasteiger partial charge in [0.05, 0.1) is 10.6 Å². The number of nitrogens with zero attached hydrogens (tertiary/aromatic N) is 1. The average molecular weight is 300 g/mol. The van der Waals surface area contributed by atoms with E-state index in [-0.39, 0.29) is 22.3 Å². The number of hydrazine groups is 1. The van der Waals surface area contributed by atoms with Crippen molar-refractivity contribution in [3.63, 3.8) is 0 Å². The Kier molecular flexibility index (Phi) is 3.93. The first-order chi connectivity index (χ1) is 9.35. The molecule has 1 aliphatic carbocycles. The van der Waals surface area contributed by atoms with E-state index in [1.807, 2.05) is 0 Å². The van der Waals surface area contributed by atoms with E-state index >= 15 is 0 Å². The first kappa shape index (κ1) is 14.7. The lowest BCUT2D eigenvalue weighted by molar-refractivity contribution is -0.384. The largest absolute Gasteiger partial charge is 0.323 e. The smallest absolute Gasteiger partial charge is 0.271 e. The zero-order chi connectivity index (χ0) is 14.9. The predicted octanol–water partition coefficient (Wildman–Crippen LogP) is 0.957.